The monoisotopic (exact) mass is 483 g/mol. The van der Waals surface area contributed by atoms with Crippen LogP contribution in [0, 0.1) is 11.3 Å². The van der Waals surface area contributed by atoms with Crippen LogP contribution in [-0.2, 0) is 25.3 Å². The number of nitrogens with zero attached hydrogens (tertiary/aromatic N) is 3. The average molecular weight is 483 g/mol. The summed E-state index contributed by atoms with van der Waals surface area (Å²) in [6, 6.07) is 18.2. The van der Waals surface area contributed by atoms with Gasteiger partial charge in [-0.1, -0.05) is 24.3 Å². The number of carbonyl (C=O) groups excluding carboxylic acids is 2. The van der Waals surface area contributed by atoms with Crippen molar-refractivity contribution in [2.75, 3.05) is 20.1 Å². The third-order valence-electron chi connectivity index (χ3n) is 5.96. The summed E-state index contributed by atoms with van der Waals surface area (Å²) in [6.07, 6.45) is 2.89. The van der Waals surface area contributed by atoms with E-state index in [4.69, 9.17) is 24.0 Å². The Morgan fingerprint density at radius 1 is 1.06 bits per heavy atom. The van der Waals surface area contributed by atoms with E-state index in [0.717, 1.165) is 24.0 Å². The van der Waals surface area contributed by atoms with E-state index in [-0.39, 0.29) is 19.2 Å². The highest BCUT2D eigenvalue weighted by Gasteiger charge is 2.34. The fraction of sp³-hybridized carbons (Fsp3) is 0.231. The molecule has 180 valence electrons. The molecule has 0 N–H and O–H groups in total. The van der Waals surface area contributed by atoms with E-state index in [9.17, 15) is 9.59 Å². The number of aromatic nitrogens is 1. The zero-order valence-corrected chi connectivity index (χ0v) is 19.5. The molecule has 2 aliphatic rings. The van der Waals surface area contributed by atoms with Crippen molar-refractivity contribution in [2.24, 2.45) is 0 Å². The summed E-state index contributed by atoms with van der Waals surface area (Å²) in [5, 5.41) is 8.94. The number of rotatable bonds is 5. The van der Waals surface area contributed by atoms with Gasteiger partial charge in [-0.25, -0.2) is 4.98 Å². The molecule has 0 spiro atoms. The third kappa shape index (κ3) is 5.16. The van der Waals surface area contributed by atoms with Gasteiger partial charge in [0.05, 0.1) is 18.7 Å². The van der Waals surface area contributed by atoms with Crippen LogP contribution in [0.2, 0.25) is 0 Å². The number of carbonyl (C=O) groups is 2. The number of hydrogen-bond acceptors (Lipinski definition) is 9. The van der Waals surface area contributed by atoms with Crippen LogP contribution in [0.25, 0.3) is 0 Å². The highest BCUT2D eigenvalue weighted by Crippen LogP contribution is 2.40. The summed E-state index contributed by atoms with van der Waals surface area (Å²) in [4.78, 5) is 29.8. The number of hydrogen-bond donors (Lipinski definition) is 0. The molecular formula is C26H22BN3O6. The van der Waals surface area contributed by atoms with Crippen molar-refractivity contribution in [2.45, 2.75) is 18.9 Å². The Kier molecular flexibility index (Phi) is 6.56. The van der Waals surface area contributed by atoms with E-state index in [1.54, 1.807) is 43.4 Å². The predicted octanol–water partition coefficient (Wildman–Crippen LogP) is 2.54. The third-order valence-corrected chi connectivity index (χ3v) is 5.96. The molecule has 2 heterocycles. The molecule has 1 aliphatic carbocycles. The fourth-order valence-electron chi connectivity index (χ4n) is 4.26. The molecule has 10 heteroatoms. The molecule has 0 saturated carbocycles. The predicted molar refractivity (Wildman–Crippen MR) is 129 cm³/mol. The second-order valence-corrected chi connectivity index (χ2v) is 8.62. The summed E-state index contributed by atoms with van der Waals surface area (Å²) in [7, 11) is 0.560. The largest absolute Gasteiger partial charge is 0.636 e. The van der Waals surface area contributed by atoms with Gasteiger partial charge in [0, 0.05) is 23.3 Å². The van der Waals surface area contributed by atoms with Crippen LogP contribution in [0.1, 0.15) is 29.2 Å². The molecule has 36 heavy (non-hydrogen) atoms. The Balaban J connectivity index is 1.27. The highest BCUT2D eigenvalue weighted by molar-refractivity contribution is 6.64. The number of fused-ring (bicyclic) bond motifs is 1. The van der Waals surface area contributed by atoms with Gasteiger partial charge in [-0.15, -0.1) is 0 Å². The maximum Gasteiger partial charge on any atom is 0.636 e. The van der Waals surface area contributed by atoms with Crippen molar-refractivity contribution in [1.29, 1.82) is 5.26 Å². The minimum absolute atomic E-state index is 0.0147. The van der Waals surface area contributed by atoms with Crippen LogP contribution in [0.5, 0.6) is 17.4 Å². The van der Waals surface area contributed by atoms with Crippen molar-refractivity contribution in [3.63, 3.8) is 0 Å². The van der Waals surface area contributed by atoms with E-state index < -0.39 is 19.1 Å². The number of nitriles is 1. The lowest BCUT2D eigenvalue weighted by molar-refractivity contribution is -0.145. The smallest absolute Gasteiger partial charge is 0.494 e. The normalized spacial score (nSPS) is 17.8. The summed E-state index contributed by atoms with van der Waals surface area (Å²) < 4.78 is 22.9. The van der Waals surface area contributed by atoms with Gasteiger partial charge < -0.3 is 18.8 Å². The Hall–Kier alpha value is -4.36. The average Bonchev–Trinajstić information content (AvgIpc) is 3.27. The van der Waals surface area contributed by atoms with Crippen LogP contribution in [0.3, 0.4) is 0 Å². The molecule has 9 nitrogen and oxygen atoms in total. The summed E-state index contributed by atoms with van der Waals surface area (Å²) in [5.41, 5.74) is 3.12. The van der Waals surface area contributed by atoms with Gasteiger partial charge >= 0.3 is 19.1 Å². The Bertz CT molecular complexity index is 1300. The number of ether oxygens (including phenoxy) is 2. The lowest BCUT2D eigenvalue weighted by atomic mass is 9.78. The lowest BCUT2D eigenvalue weighted by Gasteiger charge is -2.22. The highest BCUT2D eigenvalue weighted by atomic mass is 16.6. The first-order valence-corrected chi connectivity index (χ1v) is 11.5. The van der Waals surface area contributed by atoms with Gasteiger partial charge in [-0.05, 0) is 49.7 Å². The van der Waals surface area contributed by atoms with Crippen molar-refractivity contribution >= 4 is 24.5 Å². The lowest BCUT2D eigenvalue weighted by Crippen LogP contribution is -2.47. The molecule has 0 amide bonds. The van der Waals surface area contributed by atoms with E-state index >= 15 is 0 Å². The number of likely N-dealkylation sites (N-methyl/N-ethyl adjacent to an activating group) is 1. The van der Waals surface area contributed by atoms with Crippen molar-refractivity contribution in [1.82, 2.24) is 9.88 Å². The van der Waals surface area contributed by atoms with E-state index in [1.807, 2.05) is 24.3 Å². The second kappa shape index (κ2) is 10.1. The first-order valence-electron chi connectivity index (χ1n) is 11.5. The number of pyridine rings is 1. The van der Waals surface area contributed by atoms with Gasteiger partial charge in [0.1, 0.15) is 23.7 Å². The van der Waals surface area contributed by atoms with Crippen LogP contribution in [-0.4, -0.2) is 49.1 Å². The maximum atomic E-state index is 12.0. The van der Waals surface area contributed by atoms with E-state index in [2.05, 4.69) is 4.98 Å². The summed E-state index contributed by atoms with van der Waals surface area (Å²) in [6.45, 7) is 0.0294. The standard InChI is InChI=1S/C26H22BN3O6/c1-30-15-25(31)35-27(36-26(32)16-30)18-6-8-19(9-7-18)33-23-11-10-21-20(23)3-2-4-22(21)34-24-12-5-17(13-28)14-29-24/h2-9,12,14,23H,10-11,15-16H2,1H3/t23-/m0/s1. The fourth-order valence-corrected chi connectivity index (χ4v) is 4.26. The molecule has 2 aromatic carbocycles. The van der Waals surface area contributed by atoms with Crippen molar-refractivity contribution < 1.29 is 28.4 Å². The molecule has 1 aromatic heterocycles. The molecule has 5 rings (SSSR count). The molecule has 1 saturated heterocycles. The summed E-state index contributed by atoms with van der Waals surface area (Å²) >= 11 is 0. The van der Waals surface area contributed by atoms with Crippen LogP contribution >= 0.6 is 0 Å². The van der Waals surface area contributed by atoms with Gasteiger partial charge in [-0.3, -0.25) is 14.5 Å². The quantitative estimate of drug-likeness (QED) is 0.506. The Morgan fingerprint density at radius 3 is 2.47 bits per heavy atom. The molecule has 0 radical (unpaired) electrons. The van der Waals surface area contributed by atoms with Gasteiger partial charge in [-0.2, -0.15) is 5.26 Å². The zero-order chi connectivity index (χ0) is 25.1. The topological polar surface area (TPSA) is 111 Å². The second-order valence-electron chi connectivity index (χ2n) is 8.62. The SMILES string of the molecule is CN1CC(=O)OB(c2ccc(O[C@H]3CCc4c(Oc5ccc(C#N)cn5)cccc43)cc2)OC(=O)C1. The van der Waals surface area contributed by atoms with Crippen molar-refractivity contribution in [3.05, 3.63) is 77.5 Å². The maximum absolute atomic E-state index is 12.0. The number of benzene rings is 2. The Labute approximate surface area is 208 Å². The van der Waals surface area contributed by atoms with Crippen LogP contribution in [0.15, 0.2) is 60.8 Å². The van der Waals surface area contributed by atoms with Gasteiger partial charge in [0.2, 0.25) is 5.88 Å². The molecule has 0 bridgehead atoms. The zero-order valence-electron chi connectivity index (χ0n) is 19.5. The summed E-state index contributed by atoms with van der Waals surface area (Å²) in [5.74, 6) is 0.841. The van der Waals surface area contributed by atoms with Crippen molar-refractivity contribution in [3.8, 4) is 23.4 Å². The minimum atomic E-state index is -1.09. The molecule has 1 atom stereocenters. The molecule has 1 aliphatic heterocycles. The molecular weight excluding hydrogens is 461 g/mol. The van der Waals surface area contributed by atoms with Crippen LogP contribution in [0.4, 0.5) is 0 Å². The Morgan fingerprint density at radius 2 is 1.81 bits per heavy atom. The van der Waals surface area contributed by atoms with E-state index in [1.165, 1.54) is 11.1 Å². The molecule has 3 aromatic rings. The van der Waals surface area contributed by atoms with Gasteiger partial charge in [0.25, 0.3) is 0 Å². The first-order chi connectivity index (χ1) is 17.5. The molecule has 0 unspecified atom stereocenters. The molecule has 1 fully saturated rings. The van der Waals surface area contributed by atoms with Crippen LogP contribution < -0.4 is 14.9 Å². The first kappa shape index (κ1) is 23.4. The van der Waals surface area contributed by atoms with Gasteiger partial charge in [0.15, 0.2) is 0 Å². The minimum Gasteiger partial charge on any atom is -0.494 e. The van der Waals surface area contributed by atoms with E-state index in [0.29, 0.717) is 28.4 Å².